The zero-order valence-electron chi connectivity index (χ0n) is 8.36. The van der Waals surface area contributed by atoms with Crippen molar-refractivity contribution in [1.29, 1.82) is 0 Å². The number of hydrogen-bond acceptors (Lipinski definition) is 2. The summed E-state index contributed by atoms with van der Waals surface area (Å²) in [4.78, 5) is 10.8. The van der Waals surface area contributed by atoms with Gasteiger partial charge in [0.05, 0.1) is 6.10 Å². The highest BCUT2D eigenvalue weighted by Gasteiger charge is 2.11. The third kappa shape index (κ3) is 2.49. The first kappa shape index (κ1) is 10.6. The predicted molar refractivity (Wildman–Crippen MR) is 53.8 cm³/mol. The molecule has 1 N–H and O–H groups in total. The Morgan fingerprint density at radius 3 is 2.71 bits per heavy atom. The highest BCUT2D eigenvalue weighted by atomic mass is 16.5. The maximum absolute atomic E-state index is 10.8. The summed E-state index contributed by atoms with van der Waals surface area (Å²) in [6.07, 6.45) is 0.893. The molecule has 0 aliphatic heterocycles. The molecule has 14 heavy (non-hydrogen) atoms. The van der Waals surface area contributed by atoms with E-state index in [1.807, 2.05) is 13.8 Å². The lowest BCUT2D eigenvalue weighted by atomic mass is 10.2. The Labute approximate surface area is 83.3 Å². The van der Waals surface area contributed by atoms with Crippen LogP contribution in [0.4, 0.5) is 0 Å². The maximum atomic E-state index is 10.8. The Kier molecular flexibility index (Phi) is 3.51. The Bertz CT molecular complexity index is 320. The standard InChI is InChI=1S/C11H14O3/c1-3-8(2)14-10-7-5-4-6-9(10)11(12)13/h4-8H,3H2,1-2H3,(H,12,13). The molecular formula is C11H14O3. The molecule has 0 saturated heterocycles. The first-order valence-electron chi connectivity index (χ1n) is 4.64. The topological polar surface area (TPSA) is 46.5 Å². The van der Waals surface area contributed by atoms with Crippen LogP contribution in [0.3, 0.4) is 0 Å². The van der Waals surface area contributed by atoms with Crippen LogP contribution in [0, 0.1) is 0 Å². The molecule has 0 fully saturated rings. The second-order valence-electron chi connectivity index (χ2n) is 3.14. The zero-order chi connectivity index (χ0) is 10.6. The Balaban J connectivity index is 2.90. The zero-order valence-corrected chi connectivity index (χ0v) is 8.36. The van der Waals surface area contributed by atoms with E-state index < -0.39 is 5.97 Å². The molecule has 3 nitrogen and oxygen atoms in total. The van der Waals surface area contributed by atoms with Crippen molar-refractivity contribution in [1.82, 2.24) is 0 Å². The van der Waals surface area contributed by atoms with Crippen molar-refractivity contribution in [3.05, 3.63) is 29.8 Å². The van der Waals surface area contributed by atoms with E-state index >= 15 is 0 Å². The molecule has 0 spiro atoms. The van der Waals surface area contributed by atoms with Gasteiger partial charge in [0.2, 0.25) is 0 Å². The number of carboxylic acid groups (broad SMARTS) is 1. The summed E-state index contributed by atoms with van der Waals surface area (Å²) in [6.45, 7) is 3.91. The van der Waals surface area contributed by atoms with Crippen LogP contribution in [-0.2, 0) is 0 Å². The van der Waals surface area contributed by atoms with E-state index in [1.165, 1.54) is 0 Å². The smallest absolute Gasteiger partial charge is 0.339 e. The number of hydrogen-bond donors (Lipinski definition) is 1. The second kappa shape index (κ2) is 4.65. The molecule has 0 heterocycles. The van der Waals surface area contributed by atoms with Crippen LogP contribution in [0.5, 0.6) is 5.75 Å². The van der Waals surface area contributed by atoms with E-state index in [1.54, 1.807) is 24.3 Å². The average Bonchev–Trinajstić information content (AvgIpc) is 2.18. The molecule has 0 aliphatic carbocycles. The molecule has 0 saturated carbocycles. The van der Waals surface area contributed by atoms with Gasteiger partial charge in [-0.15, -0.1) is 0 Å². The third-order valence-corrected chi connectivity index (χ3v) is 2.02. The lowest BCUT2D eigenvalue weighted by Gasteiger charge is -2.13. The fourth-order valence-electron chi connectivity index (χ4n) is 1.05. The summed E-state index contributed by atoms with van der Waals surface area (Å²) in [5.74, 6) is -0.516. The van der Waals surface area contributed by atoms with Gasteiger partial charge in [-0.3, -0.25) is 0 Å². The normalized spacial score (nSPS) is 12.1. The van der Waals surface area contributed by atoms with Crippen LogP contribution in [0.15, 0.2) is 24.3 Å². The van der Waals surface area contributed by atoms with Gasteiger partial charge < -0.3 is 9.84 Å². The molecule has 3 heteroatoms. The van der Waals surface area contributed by atoms with Crippen LogP contribution in [0.1, 0.15) is 30.6 Å². The molecule has 1 atom stereocenters. The van der Waals surface area contributed by atoms with Crippen molar-refractivity contribution in [2.45, 2.75) is 26.4 Å². The van der Waals surface area contributed by atoms with E-state index in [2.05, 4.69) is 0 Å². The van der Waals surface area contributed by atoms with Gasteiger partial charge in [-0.1, -0.05) is 19.1 Å². The molecule has 0 radical (unpaired) electrons. The summed E-state index contributed by atoms with van der Waals surface area (Å²) < 4.78 is 5.48. The molecule has 1 aromatic carbocycles. The number of aromatic carboxylic acids is 1. The van der Waals surface area contributed by atoms with Gasteiger partial charge in [-0.25, -0.2) is 4.79 Å². The molecule has 1 unspecified atom stereocenters. The average molecular weight is 194 g/mol. The Morgan fingerprint density at radius 1 is 1.50 bits per heavy atom. The van der Waals surface area contributed by atoms with Crippen LogP contribution in [0.25, 0.3) is 0 Å². The fraction of sp³-hybridized carbons (Fsp3) is 0.364. The van der Waals surface area contributed by atoms with Gasteiger partial charge >= 0.3 is 5.97 Å². The largest absolute Gasteiger partial charge is 0.490 e. The van der Waals surface area contributed by atoms with Gasteiger partial charge in [0.25, 0.3) is 0 Å². The number of benzene rings is 1. The van der Waals surface area contributed by atoms with E-state index in [9.17, 15) is 4.79 Å². The SMILES string of the molecule is CCC(C)Oc1ccccc1C(=O)O. The minimum Gasteiger partial charge on any atom is -0.490 e. The summed E-state index contributed by atoms with van der Waals surface area (Å²) in [7, 11) is 0. The molecule has 0 aliphatic rings. The highest BCUT2D eigenvalue weighted by Crippen LogP contribution is 2.19. The van der Waals surface area contributed by atoms with Gasteiger partial charge in [-0.05, 0) is 25.5 Å². The van der Waals surface area contributed by atoms with Crippen molar-refractivity contribution in [3.63, 3.8) is 0 Å². The molecule has 0 amide bonds. The first-order chi connectivity index (χ1) is 6.65. The van der Waals surface area contributed by atoms with E-state index in [-0.39, 0.29) is 11.7 Å². The second-order valence-corrected chi connectivity index (χ2v) is 3.14. The minimum absolute atomic E-state index is 0.0375. The molecule has 1 aromatic rings. The summed E-state index contributed by atoms with van der Waals surface area (Å²) in [5.41, 5.74) is 0.216. The van der Waals surface area contributed by atoms with Gasteiger partial charge in [0.15, 0.2) is 0 Å². The van der Waals surface area contributed by atoms with Crippen LogP contribution < -0.4 is 4.74 Å². The van der Waals surface area contributed by atoms with Gasteiger partial charge in [0.1, 0.15) is 11.3 Å². The number of ether oxygens (including phenoxy) is 1. The molecule has 0 aromatic heterocycles. The number of rotatable bonds is 4. The van der Waals surface area contributed by atoms with Crippen molar-refractivity contribution in [2.24, 2.45) is 0 Å². The van der Waals surface area contributed by atoms with E-state index in [0.29, 0.717) is 5.75 Å². The van der Waals surface area contributed by atoms with Crippen molar-refractivity contribution in [3.8, 4) is 5.75 Å². The van der Waals surface area contributed by atoms with Crippen molar-refractivity contribution < 1.29 is 14.6 Å². The van der Waals surface area contributed by atoms with Crippen LogP contribution >= 0.6 is 0 Å². The number of carbonyl (C=O) groups is 1. The van der Waals surface area contributed by atoms with E-state index in [4.69, 9.17) is 9.84 Å². The highest BCUT2D eigenvalue weighted by molar-refractivity contribution is 5.90. The predicted octanol–water partition coefficient (Wildman–Crippen LogP) is 2.56. The number of para-hydroxylation sites is 1. The minimum atomic E-state index is -0.955. The lowest BCUT2D eigenvalue weighted by Crippen LogP contribution is -2.12. The van der Waals surface area contributed by atoms with Gasteiger partial charge in [-0.2, -0.15) is 0 Å². The van der Waals surface area contributed by atoms with Crippen LogP contribution in [0.2, 0.25) is 0 Å². The van der Waals surface area contributed by atoms with Crippen molar-refractivity contribution >= 4 is 5.97 Å². The summed E-state index contributed by atoms with van der Waals surface area (Å²) >= 11 is 0. The summed E-state index contributed by atoms with van der Waals surface area (Å²) in [5, 5.41) is 8.87. The summed E-state index contributed by atoms with van der Waals surface area (Å²) in [6, 6.07) is 6.67. The maximum Gasteiger partial charge on any atom is 0.339 e. The van der Waals surface area contributed by atoms with Crippen molar-refractivity contribution in [2.75, 3.05) is 0 Å². The molecule has 76 valence electrons. The fourth-order valence-corrected chi connectivity index (χ4v) is 1.05. The molecular weight excluding hydrogens is 180 g/mol. The number of carboxylic acids is 1. The van der Waals surface area contributed by atoms with E-state index in [0.717, 1.165) is 6.42 Å². The molecule has 0 bridgehead atoms. The Hall–Kier alpha value is -1.51. The monoisotopic (exact) mass is 194 g/mol. The Morgan fingerprint density at radius 2 is 2.14 bits per heavy atom. The first-order valence-corrected chi connectivity index (χ1v) is 4.64. The quantitative estimate of drug-likeness (QED) is 0.801. The third-order valence-electron chi connectivity index (χ3n) is 2.02. The van der Waals surface area contributed by atoms with Gasteiger partial charge in [0, 0.05) is 0 Å². The molecule has 1 rings (SSSR count). The lowest BCUT2D eigenvalue weighted by molar-refractivity contribution is 0.0689. The van der Waals surface area contributed by atoms with Crippen LogP contribution in [-0.4, -0.2) is 17.2 Å².